The van der Waals surface area contributed by atoms with Gasteiger partial charge in [-0.3, -0.25) is 4.79 Å². The minimum absolute atomic E-state index is 0.00310. The van der Waals surface area contributed by atoms with Crippen molar-refractivity contribution in [2.75, 3.05) is 18.7 Å². The number of anilines is 1. The molecule has 0 saturated carbocycles. The quantitative estimate of drug-likeness (QED) is 0.378. The molecule has 2 aromatic carbocycles. The Bertz CT molecular complexity index is 1170. The van der Waals surface area contributed by atoms with Crippen LogP contribution in [0.15, 0.2) is 58.0 Å². The van der Waals surface area contributed by atoms with E-state index in [4.69, 9.17) is 25.5 Å². The molecule has 0 atom stereocenters. The molecule has 1 amide bonds. The summed E-state index contributed by atoms with van der Waals surface area (Å²) in [6.45, 7) is 0.185. The highest BCUT2D eigenvalue weighted by atomic mass is 35.5. The molecule has 1 aromatic heterocycles. The van der Waals surface area contributed by atoms with Gasteiger partial charge >= 0.3 is 5.97 Å². The summed E-state index contributed by atoms with van der Waals surface area (Å²) >= 11 is 5.88. The number of furan rings is 1. The van der Waals surface area contributed by atoms with E-state index in [2.05, 4.69) is 15.8 Å². The molecule has 0 fully saturated rings. The van der Waals surface area contributed by atoms with Crippen LogP contribution in [0.4, 0.5) is 5.69 Å². The minimum atomic E-state index is -1.13. The number of hydrogen-bond donors (Lipinski definition) is 3. The van der Waals surface area contributed by atoms with Crippen LogP contribution in [-0.2, 0) is 4.79 Å². The Morgan fingerprint density at radius 1 is 1.10 bits per heavy atom. The Morgan fingerprint density at radius 3 is 2.77 bits per heavy atom. The maximum Gasteiger partial charge on any atom is 0.337 e. The fourth-order valence-corrected chi connectivity index (χ4v) is 3.01. The van der Waals surface area contributed by atoms with E-state index < -0.39 is 5.97 Å². The molecule has 31 heavy (non-hydrogen) atoms. The van der Waals surface area contributed by atoms with Crippen molar-refractivity contribution >= 4 is 35.4 Å². The summed E-state index contributed by atoms with van der Waals surface area (Å²) in [6.07, 6.45) is 1.34. The number of rotatable bonds is 7. The molecule has 158 valence electrons. The van der Waals surface area contributed by atoms with Crippen LogP contribution in [0.25, 0.3) is 11.3 Å². The first-order valence-electron chi connectivity index (χ1n) is 9.08. The number of nitrogens with zero attached hydrogens (tertiary/aromatic N) is 1. The maximum atomic E-state index is 12.0. The van der Waals surface area contributed by atoms with Gasteiger partial charge in [0.1, 0.15) is 11.5 Å². The Labute approximate surface area is 181 Å². The number of fused-ring (bicyclic) bond motifs is 1. The molecule has 2 heterocycles. The average Bonchev–Trinajstić information content (AvgIpc) is 3.41. The molecule has 0 unspecified atom stereocenters. The fourth-order valence-electron chi connectivity index (χ4n) is 2.82. The van der Waals surface area contributed by atoms with Crippen molar-refractivity contribution in [2.24, 2.45) is 5.10 Å². The van der Waals surface area contributed by atoms with Crippen LogP contribution in [0.2, 0.25) is 5.02 Å². The first-order chi connectivity index (χ1) is 15.0. The van der Waals surface area contributed by atoms with Gasteiger partial charge < -0.3 is 24.3 Å². The van der Waals surface area contributed by atoms with E-state index in [-0.39, 0.29) is 29.8 Å². The van der Waals surface area contributed by atoms with E-state index in [1.54, 1.807) is 36.4 Å². The third kappa shape index (κ3) is 4.78. The molecule has 0 aliphatic carbocycles. The second-order valence-corrected chi connectivity index (χ2v) is 6.82. The summed E-state index contributed by atoms with van der Waals surface area (Å²) in [5, 5.41) is 16.1. The number of ether oxygens (including phenoxy) is 2. The Morgan fingerprint density at radius 2 is 1.94 bits per heavy atom. The van der Waals surface area contributed by atoms with Crippen molar-refractivity contribution in [1.29, 1.82) is 0 Å². The highest BCUT2D eigenvalue weighted by molar-refractivity contribution is 6.33. The van der Waals surface area contributed by atoms with Crippen LogP contribution in [0, 0.1) is 0 Å². The molecule has 9 nitrogen and oxygen atoms in total. The number of nitrogens with one attached hydrogen (secondary N) is 2. The molecular weight excluding hydrogens is 426 g/mol. The number of benzene rings is 2. The molecule has 0 radical (unpaired) electrons. The minimum Gasteiger partial charge on any atom is -0.478 e. The molecule has 0 spiro atoms. The van der Waals surface area contributed by atoms with Crippen molar-refractivity contribution in [3.63, 3.8) is 0 Å². The number of halogens is 1. The predicted molar refractivity (Wildman–Crippen MR) is 113 cm³/mol. The summed E-state index contributed by atoms with van der Waals surface area (Å²) < 4.78 is 16.1. The molecule has 3 N–H and O–H groups in total. The number of hydrogen-bond acceptors (Lipinski definition) is 7. The molecule has 1 aliphatic heterocycles. The highest BCUT2D eigenvalue weighted by Crippen LogP contribution is 2.34. The number of hydrazone groups is 1. The van der Waals surface area contributed by atoms with Crippen LogP contribution in [0.3, 0.4) is 0 Å². The smallest absolute Gasteiger partial charge is 0.337 e. The van der Waals surface area contributed by atoms with Crippen LogP contribution >= 0.6 is 11.6 Å². The number of carbonyl (C=O) groups is 2. The van der Waals surface area contributed by atoms with Gasteiger partial charge in [0, 0.05) is 17.3 Å². The lowest BCUT2D eigenvalue weighted by molar-refractivity contribution is -0.119. The van der Waals surface area contributed by atoms with Gasteiger partial charge in [0.05, 0.1) is 23.3 Å². The second kappa shape index (κ2) is 8.80. The van der Waals surface area contributed by atoms with Gasteiger partial charge in [0.25, 0.3) is 5.91 Å². The first kappa shape index (κ1) is 20.3. The van der Waals surface area contributed by atoms with E-state index in [0.29, 0.717) is 34.3 Å². The third-order valence-electron chi connectivity index (χ3n) is 4.31. The van der Waals surface area contributed by atoms with Gasteiger partial charge in [-0.15, -0.1) is 0 Å². The van der Waals surface area contributed by atoms with Crippen LogP contribution in [0.5, 0.6) is 11.5 Å². The summed E-state index contributed by atoms with van der Waals surface area (Å²) in [7, 11) is 0. The van der Waals surface area contributed by atoms with E-state index in [0.717, 1.165) is 0 Å². The fraction of sp³-hybridized carbons (Fsp3) is 0.0952. The van der Waals surface area contributed by atoms with Crippen LogP contribution < -0.4 is 20.2 Å². The van der Waals surface area contributed by atoms with Crippen molar-refractivity contribution in [3.8, 4) is 22.8 Å². The van der Waals surface area contributed by atoms with Crippen molar-refractivity contribution < 1.29 is 28.6 Å². The van der Waals surface area contributed by atoms with E-state index in [1.807, 2.05) is 0 Å². The lowest BCUT2D eigenvalue weighted by atomic mass is 10.1. The van der Waals surface area contributed by atoms with Gasteiger partial charge in [0.15, 0.2) is 11.5 Å². The van der Waals surface area contributed by atoms with Crippen LogP contribution in [0.1, 0.15) is 16.1 Å². The van der Waals surface area contributed by atoms with Gasteiger partial charge in [-0.2, -0.15) is 5.10 Å². The summed E-state index contributed by atoms with van der Waals surface area (Å²) in [5.41, 5.74) is 3.64. The zero-order valence-corrected chi connectivity index (χ0v) is 16.7. The van der Waals surface area contributed by atoms with E-state index >= 15 is 0 Å². The predicted octanol–water partition coefficient (Wildman–Crippen LogP) is 3.59. The first-order valence-corrected chi connectivity index (χ1v) is 9.46. The molecule has 0 saturated heterocycles. The standard InChI is InChI=1S/C21H16ClN3O6/c22-16-4-1-12(7-15(16)21(27)28)17-6-3-14(31-17)9-24-25-20(26)10-23-13-2-5-18-19(8-13)30-11-29-18/h1-9,23H,10-11H2,(H,25,26)(H,27,28)/b24-9+. The van der Waals surface area contributed by atoms with Crippen molar-refractivity contribution in [2.45, 2.75) is 0 Å². The van der Waals surface area contributed by atoms with E-state index in [1.165, 1.54) is 18.3 Å². The highest BCUT2D eigenvalue weighted by Gasteiger charge is 2.14. The summed E-state index contributed by atoms with van der Waals surface area (Å²) in [6, 6.07) is 13.2. The zero-order valence-electron chi connectivity index (χ0n) is 15.9. The normalized spacial score (nSPS) is 12.2. The molecular formula is C21H16ClN3O6. The lowest BCUT2D eigenvalue weighted by Crippen LogP contribution is -2.25. The second-order valence-electron chi connectivity index (χ2n) is 6.42. The van der Waals surface area contributed by atoms with Crippen LogP contribution in [-0.4, -0.2) is 36.5 Å². The number of carbonyl (C=O) groups excluding carboxylic acids is 1. The molecule has 0 bridgehead atoms. The van der Waals surface area contributed by atoms with Crippen molar-refractivity contribution in [1.82, 2.24) is 5.43 Å². The molecule has 3 aromatic rings. The number of carboxylic acid groups (broad SMARTS) is 1. The SMILES string of the molecule is O=C(CNc1ccc2c(c1)OCO2)N/N=C/c1ccc(-c2ccc(Cl)c(C(=O)O)c2)o1. The van der Waals surface area contributed by atoms with Gasteiger partial charge in [-0.1, -0.05) is 11.6 Å². The summed E-state index contributed by atoms with van der Waals surface area (Å²) in [5.74, 6) is 0.618. The van der Waals surface area contributed by atoms with Gasteiger partial charge in [-0.05, 0) is 42.5 Å². The number of aromatic carboxylic acids is 1. The summed E-state index contributed by atoms with van der Waals surface area (Å²) in [4.78, 5) is 23.2. The Balaban J connectivity index is 1.31. The van der Waals surface area contributed by atoms with E-state index in [9.17, 15) is 14.7 Å². The van der Waals surface area contributed by atoms with Gasteiger partial charge in [0.2, 0.25) is 6.79 Å². The lowest BCUT2D eigenvalue weighted by Gasteiger charge is -2.06. The topological polar surface area (TPSA) is 122 Å². The number of amides is 1. The largest absolute Gasteiger partial charge is 0.478 e. The molecule has 4 rings (SSSR count). The Hall–Kier alpha value is -3.98. The molecule has 1 aliphatic rings. The zero-order chi connectivity index (χ0) is 21.8. The Kier molecular flexibility index (Phi) is 5.76. The third-order valence-corrected chi connectivity index (χ3v) is 4.64. The molecule has 10 heteroatoms. The maximum absolute atomic E-state index is 12.0. The number of carboxylic acids is 1. The average molecular weight is 442 g/mol. The van der Waals surface area contributed by atoms with Crippen molar-refractivity contribution in [3.05, 3.63) is 64.9 Å². The monoisotopic (exact) mass is 441 g/mol. The van der Waals surface area contributed by atoms with Gasteiger partial charge in [-0.25, -0.2) is 10.2 Å².